The Kier molecular flexibility index (Phi) is 5.57. The van der Waals surface area contributed by atoms with E-state index in [2.05, 4.69) is 9.24 Å². The molecule has 2 unspecified atom stereocenters. The summed E-state index contributed by atoms with van der Waals surface area (Å²) in [5.74, 6) is 1.90. The quantitative estimate of drug-likeness (QED) is 0.340. The van der Waals surface area contributed by atoms with Crippen molar-refractivity contribution in [1.29, 1.82) is 0 Å². The molecule has 0 saturated carbocycles. The lowest BCUT2D eigenvalue weighted by molar-refractivity contribution is 0.226. The van der Waals surface area contributed by atoms with E-state index in [4.69, 9.17) is 5.11 Å². The van der Waals surface area contributed by atoms with Crippen LogP contribution >= 0.6 is 9.24 Å². The first-order valence-corrected chi connectivity index (χ1v) is 4.06. The van der Waals surface area contributed by atoms with Gasteiger partial charge in [-0.05, 0) is 19.9 Å². The first kappa shape index (κ1) is 9.87. The van der Waals surface area contributed by atoms with Gasteiger partial charge in [0.25, 0.3) is 0 Å². The lowest BCUT2D eigenvalue weighted by atomic mass is 10.2. The minimum atomic E-state index is -0.0678. The summed E-state index contributed by atoms with van der Waals surface area (Å²) < 4.78 is 0. The average Bonchev–Trinajstić information content (AvgIpc) is 1.82. The summed E-state index contributed by atoms with van der Waals surface area (Å²) in [6, 6.07) is 0. The zero-order chi connectivity index (χ0) is 7.98. The average molecular weight is 159 g/mol. The molecule has 0 saturated heterocycles. The molecule has 0 fully saturated rings. The summed E-state index contributed by atoms with van der Waals surface area (Å²) in [5.41, 5.74) is 1.22. The van der Waals surface area contributed by atoms with Crippen molar-refractivity contribution in [3.63, 3.8) is 0 Å². The molecule has 10 heavy (non-hydrogen) atoms. The fraction of sp³-hybridized carbons (Fsp3) is 0.500. The summed E-state index contributed by atoms with van der Waals surface area (Å²) in [7, 11) is 2.50. The Bertz CT molecular complexity index is 134. The van der Waals surface area contributed by atoms with E-state index in [1.165, 1.54) is 5.57 Å². The van der Waals surface area contributed by atoms with Crippen molar-refractivity contribution >= 4 is 9.24 Å². The Labute approximate surface area is 65.0 Å². The van der Waals surface area contributed by atoms with Crippen LogP contribution in [0.3, 0.4) is 0 Å². The van der Waals surface area contributed by atoms with Crippen molar-refractivity contribution in [3.05, 3.63) is 23.5 Å². The molecule has 1 nitrogen and oxygen atoms in total. The van der Waals surface area contributed by atoms with Gasteiger partial charge in [0.2, 0.25) is 0 Å². The highest BCUT2D eigenvalue weighted by molar-refractivity contribution is 7.20. The topological polar surface area (TPSA) is 22.9 Å². The maximum Gasteiger partial charge on any atom is 0.176 e. The SMILES string of the molecule is CC(C)=CC([OH2+])C/C=C/P. The molecule has 0 spiro atoms. The van der Waals surface area contributed by atoms with E-state index in [0.717, 1.165) is 6.42 Å². The van der Waals surface area contributed by atoms with E-state index in [0.29, 0.717) is 0 Å². The van der Waals surface area contributed by atoms with Crippen LogP contribution in [-0.2, 0) is 0 Å². The zero-order valence-corrected chi connectivity index (χ0v) is 7.75. The zero-order valence-electron chi connectivity index (χ0n) is 6.59. The van der Waals surface area contributed by atoms with E-state index in [1.54, 1.807) is 0 Å². The molecule has 2 N–H and O–H groups in total. The first-order valence-electron chi connectivity index (χ1n) is 3.39. The van der Waals surface area contributed by atoms with Crippen LogP contribution in [0.5, 0.6) is 0 Å². The molecule has 0 aliphatic heterocycles. The van der Waals surface area contributed by atoms with Gasteiger partial charge < -0.3 is 5.11 Å². The molecule has 0 amide bonds. The molecule has 0 aliphatic carbocycles. The molecule has 0 aromatic heterocycles. The van der Waals surface area contributed by atoms with Crippen LogP contribution in [0, 0.1) is 0 Å². The third-order valence-corrected chi connectivity index (χ3v) is 1.33. The molecule has 0 bridgehead atoms. The predicted molar refractivity (Wildman–Crippen MR) is 50.3 cm³/mol. The van der Waals surface area contributed by atoms with Gasteiger partial charge in [0.15, 0.2) is 6.10 Å². The van der Waals surface area contributed by atoms with Crippen LogP contribution in [-0.4, -0.2) is 11.2 Å². The lowest BCUT2D eigenvalue weighted by Crippen LogP contribution is -1.99. The van der Waals surface area contributed by atoms with E-state index < -0.39 is 0 Å². The standard InChI is InChI=1S/C8H15OP/c1-7(2)6-8(9)4-3-5-10/h3,5-6,8-9H,4,10H2,1-2H3/p+1/b5-3+. The molecule has 0 rings (SSSR count). The van der Waals surface area contributed by atoms with E-state index in [9.17, 15) is 0 Å². The van der Waals surface area contributed by atoms with Gasteiger partial charge in [-0.1, -0.05) is 17.5 Å². The van der Waals surface area contributed by atoms with Crippen LogP contribution in [0.4, 0.5) is 0 Å². The fourth-order valence-corrected chi connectivity index (χ4v) is 0.853. The Balaban J connectivity index is 3.63. The van der Waals surface area contributed by atoms with Gasteiger partial charge in [0.05, 0.1) is 0 Å². The van der Waals surface area contributed by atoms with Crippen molar-refractivity contribution in [2.45, 2.75) is 26.4 Å². The van der Waals surface area contributed by atoms with Crippen molar-refractivity contribution in [2.75, 3.05) is 0 Å². The first-order chi connectivity index (χ1) is 4.66. The summed E-state index contributed by atoms with van der Waals surface area (Å²) >= 11 is 0. The molecule has 0 aromatic rings. The van der Waals surface area contributed by atoms with Crippen molar-refractivity contribution in [1.82, 2.24) is 0 Å². The monoisotopic (exact) mass is 159 g/mol. The second kappa shape index (κ2) is 5.64. The minimum Gasteiger partial charge on any atom is -0.440 e. The smallest absolute Gasteiger partial charge is 0.176 e. The summed E-state index contributed by atoms with van der Waals surface area (Å²) in [6.07, 6.45) is 4.70. The summed E-state index contributed by atoms with van der Waals surface area (Å²) in [6.45, 7) is 4.04. The van der Waals surface area contributed by atoms with Gasteiger partial charge in [-0.2, -0.15) is 0 Å². The van der Waals surface area contributed by atoms with Gasteiger partial charge in [0.1, 0.15) is 0 Å². The summed E-state index contributed by atoms with van der Waals surface area (Å²) in [5, 5.41) is 7.47. The third kappa shape index (κ3) is 6.00. The molecule has 0 radical (unpaired) electrons. The van der Waals surface area contributed by atoms with Crippen LogP contribution < -0.4 is 0 Å². The highest BCUT2D eigenvalue weighted by atomic mass is 31.0. The van der Waals surface area contributed by atoms with Gasteiger partial charge >= 0.3 is 0 Å². The van der Waals surface area contributed by atoms with Crippen LogP contribution in [0.25, 0.3) is 0 Å². The van der Waals surface area contributed by atoms with Gasteiger partial charge in [-0.25, -0.2) is 0 Å². The van der Waals surface area contributed by atoms with Crippen LogP contribution in [0.1, 0.15) is 20.3 Å². The minimum absolute atomic E-state index is 0.0678. The normalized spacial score (nSPS) is 13.6. The largest absolute Gasteiger partial charge is 0.440 e. The lowest BCUT2D eigenvalue weighted by Gasteiger charge is -1.96. The van der Waals surface area contributed by atoms with Crippen molar-refractivity contribution in [3.8, 4) is 0 Å². The summed E-state index contributed by atoms with van der Waals surface area (Å²) in [4.78, 5) is 0. The second-order valence-corrected chi connectivity index (χ2v) is 2.90. The Morgan fingerprint density at radius 3 is 2.60 bits per heavy atom. The maximum absolute atomic E-state index is 7.47. The number of allylic oxidation sites excluding steroid dienone is 1. The number of hydrogen-bond acceptors (Lipinski definition) is 0. The maximum atomic E-state index is 7.47. The van der Waals surface area contributed by atoms with E-state index in [1.807, 2.05) is 31.8 Å². The van der Waals surface area contributed by atoms with E-state index >= 15 is 0 Å². The third-order valence-electron chi connectivity index (χ3n) is 1.06. The predicted octanol–water partition coefficient (Wildman–Crippen LogP) is 1.82. The molecule has 58 valence electrons. The van der Waals surface area contributed by atoms with E-state index in [-0.39, 0.29) is 6.10 Å². The second-order valence-electron chi connectivity index (χ2n) is 2.51. The highest BCUT2D eigenvalue weighted by Crippen LogP contribution is 2.00. The Hall–Kier alpha value is -0.130. The fourth-order valence-electron chi connectivity index (χ4n) is 0.696. The van der Waals surface area contributed by atoms with Crippen LogP contribution in [0.15, 0.2) is 23.5 Å². The molecular weight excluding hydrogens is 143 g/mol. The highest BCUT2D eigenvalue weighted by Gasteiger charge is 1.98. The van der Waals surface area contributed by atoms with Gasteiger partial charge in [-0.15, -0.1) is 9.24 Å². The van der Waals surface area contributed by atoms with Crippen LogP contribution in [0.2, 0.25) is 0 Å². The van der Waals surface area contributed by atoms with Gasteiger partial charge in [-0.3, -0.25) is 0 Å². The Morgan fingerprint density at radius 2 is 2.20 bits per heavy atom. The molecule has 2 atom stereocenters. The molecule has 2 heteroatoms. The van der Waals surface area contributed by atoms with Crippen molar-refractivity contribution < 1.29 is 5.11 Å². The number of rotatable bonds is 3. The molecule has 0 aliphatic rings. The molecule has 0 aromatic carbocycles. The number of hydrogen-bond donors (Lipinski definition) is 0. The van der Waals surface area contributed by atoms with Gasteiger partial charge in [0, 0.05) is 6.42 Å². The molecule has 0 heterocycles. The molecular formula is C8H16OP+. The van der Waals surface area contributed by atoms with Crippen molar-refractivity contribution in [2.24, 2.45) is 0 Å². The Morgan fingerprint density at radius 1 is 1.60 bits per heavy atom.